The molecule has 4 aromatic rings. The predicted molar refractivity (Wildman–Crippen MR) is 134 cm³/mol. The van der Waals surface area contributed by atoms with Crippen LogP contribution in [0.15, 0.2) is 84.9 Å². The minimum absolute atomic E-state index is 0.0918. The second-order valence-electron chi connectivity index (χ2n) is 8.37. The van der Waals surface area contributed by atoms with Crippen molar-refractivity contribution in [2.24, 2.45) is 0 Å². The van der Waals surface area contributed by atoms with Crippen molar-refractivity contribution >= 4 is 5.97 Å². The number of aryl methyl sites for hydroxylation is 2. The van der Waals surface area contributed by atoms with Crippen molar-refractivity contribution in [2.75, 3.05) is 6.61 Å². The molecule has 6 nitrogen and oxygen atoms in total. The van der Waals surface area contributed by atoms with Crippen molar-refractivity contribution in [3.63, 3.8) is 0 Å². The lowest BCUT2D eigenvalue weighted by Gasteiger charge is -2.16. The zero-order valence-electron chi connectivity index (χ0n) is 20.4. The summed E-state index contributed by atoms with van der Waals surface area (Å²) < 4.78 is 63.0. The van der Waals surface area contributed by atoms with Crippen LogP contribution in [0.25, 0.3) is 0 Å². The number of hydrogen-bond donors (Lipinski definition) is 1. The number of para-hydroxylation sites is 1. The fourth-order valence-electron chi connectivity index (χ4n) is 3.55. The van der Waals surface area contributed by atoms with E-state index in [9.17, 15) is 18.0 Å². The molecule has 4 rings (SSSR count). The molecule has 0 unspecified atom stereocenters. The number of carboxylic acid groups (broad SMARTS) is 1. The molecule has 4 aromatic carbocycles. The van der Waals surface area contributed by atoms with Crippen LogP contribution < -0.4 is 18.9 Å². The number of rotatable bonds is 9. The Morgan fingerprint density at radius 1 is 0.711 bits per heavy atom. The summed E-state index contributed by atoms with van der Waals surface area (Å²) in [5, 5.41) is 8.79. The minimum atomic E-state index is -4.55. The van der Waals surface area contributed by atoms with Crippen molar-refractivity contribution in [3.05, 3.63) is 102 Å². The van der Waals surface area contributed by atoms with E-state index in [4.69, 9.17) is 24.1 Å². The average Bonchev–Trinajstić information content (AvgIpc) is 2.84. The van der Waals surface area contributed by atoms with E-state index in [2.05, 4.69) is 0 Å². The summed E-state index contributed by atoms with van der Waals surface area (Å²) in [4.78, 5) is 10.7. The Balaban J connectivity index is 1.59. The molecule has 196 valence electrons. The highest BCUT2D eigenvalue weighted by Gasteiger charge is 2.31. The number of aliphatic carboxylic acids is 1. The maximum Gasteiger partial charge on any atom is 0.416 e. The molecule has 0 radical (unpaired) electrons. The maximum absolute atomic E-state index is 13.4. The highest BCUT2D eigenvalue weighted by molar-refractivity contribution is 5.68. The van der Waals surface area contributed by atoms with E-state index in [-0.39, 0.29) is 11.5 Å². The van der Waals surface area contributed by atoms with Crippen LogP contribution in [0.2, 0.25) is 0 Å². The Bertz CT molecular complexity index is 1430. The SMILES string of the molecule is Cc1cc(Oc2ccc(OCC(=O)O)c(C)c2)cc(Oc2ccc(C(F)(F)F)cc2Oc2ccccc2)c1. The summed E-state index contributed by atoms with van der Waals surface area (Å²) >= 11 is 0. The first kappa shape index (κ1) is 26.4. The van der Waals surface area contributed by atoms with E-state index in [0.29, 0.717) is 34.3 Å². The molecule has 0 spiro atoms. The fraction of sp³-hybridized carbons (Fsp3) is 0.138. The summed E-state index contributed by atoms with van der Waals surface area (Å²) in [6.07, 6.45) is -4.55. The Morgan fingerprint density at radius 3 is 2.03 bits per heavy atom. The van der Waals surface area contributed by atoms with Crippen molar-refractivity contribution < 1.29 is 42.0 Å². The molecule has 0 heterocycles. The van der Waals surface area contributed by atoms with E-state index >= 15 is 0 Å². The van der Waals surface area contributed by atoms with Gasteiger partial charge in [-0.3, -0.25) is 0 Å². The Kier molecular flexibility index (Phi) is 7.76. The van der Waals surface area contributed by atoms with Crippen LogP contribution >= 0.6 is 0 Å². The Morgan fingerprint density at radius 2 is 1.37 bits per heavy atom. The summed E-state index contributed by atoms with van der Waals surface area (Å²) in [7, 11) is 0. The van der Waals surface area contributed by atoms with Crippen LogP contribution in [0.4, 0.5) is 13.2 Å². The van der Waals surface area contributed by atoms with Gasteiger partial charge in [-0.2, -0.15) is 13.2 Å². The van der Waals surface area contributed by atoms with Gasteiger partial charge >= 0.3 is 12.1 Å². The van der Waals surface area contributed by atoms with Crippen LogP contribution in [0.5, 0.6) is 40.2 Å². The predicted octanol–water partition coefficient (Wildman–Crippen LogP) is 8.16. The highest BCUT2D eigenvalue weighted by atomic mass is 19.4. The molecule has 0 amide bonds. The fourth-order valence-corrected chi connectivity index (χ4v) is 3.55. The minimum Gasteiger partial charge on any atom is -0.482 e. The first-order valence-electron chi connectivity index (χ1n) is 11.4. The van der Waals surface area contributed by atoms with Crippen LogP contribution in [0.1, 0.15) is 16.7 Å². The second-order valence-corrected chi connectivity index (χ2v) is 8.37. The molecule has 0 aliphatic carbocycles. The van der Waals surface area contributed by atoms with Gasteiger partial charge in [0.15, 0.2) is 18.1 Å². The van der Waals surface area contributed by atoms with Crippen molar-refractivity contribution in [2.45, 2.75) is 20.0 Å². The first-order chi connectivity index (χ1) is 18.1. The van der Waals surface area contributed by atoms with Gasteiger partial charge in [0.25, 0.3) is 0 Å². The number of alkyl halides is 3. The van der Waals surface area contributed by atoms with Crippen molar-refractivity contribution in [1.82, 2.24) is 0 Å². The molecule has 0 aromatic heterocycles. The number of carboxylic acids is 1. The van der Waals surface area contributed by atoms with Crippen molar-refractivity contribution in [3.8, 4) is 40.2 Å². The molecule has 1 N–H and O–H groups in total. The van der Waals surface area contributed by atoms with Gasteiger partial charge < -0.3 is 24.1 Å². The van der Waals surface area contributed by atoms with E-state index in [1.54, 1.807) is 73.7 Å². The standard InChI is InChI=1S/C29H23F3O6/c1-18-12-23(36-22-9-11-25(19(2)14-22)35-17-28(33)34)16-24(13-18)38-26-10-8-20(29(30,31)32)15-27(26)37-21-6-4-3-5-7-21/h3-16H,17H2,1-2H3,(H,33,34). The topological polar surface area (TPSA) is 74.2 Å². The molecular weight excluding hydrogens is 501 g/mol. The smallest absolute Gasteiger partial charge is 0.416 e. The van der Waals surface area contributed by atoms with Gasteiger partial charge in [0.2, 0.25) is 0 Å². The van der Waals surface area contributed by atoms with Gasteiger partial charge in [-0.1, -0.05) is 18.2 Å². The number of carbonyl (C=O) groups is 1. The molecule has 9 heteroatoms. The third-order valence-electron chi connectivity index (χ3n) is 5.23. The lowest BCUT2D eigenvalue weighted by Crippen LogP contribution is -2.09. The number of hydrogen-bond acceptors (Lipinski definition) is 5. The van der Waals surface area contributed by atoms with Gasteiger partial charge in [-0.15, -0.1) is 0 Å². The van der Waals surface area contributed by atoms with Crippen LogP contribution in [-0.4, -0.2) is 17.7 Å². The van der Waals surface area contributed by atoms with Crippen LogP contribution in [0, 0.1) is 13.8 Å². The monoisotopic (exact) mass is 524 g/mol. The second kappa shape index (κ2) is 11.2. The van der Waals surface area contributed by atoms with E-state index in [1.807, 2.05) is 6.92 Å². The molecular formula is C29H23F3O6. The zero-order chi connectivity index (χ0) is 27.3. The molecule has 0 aliphatic rings. The van der Waals surface area contributed by atoms with Crippen LogP contribution in [0.3, 0.4) is 0 Å². The summed E-state index contributed by atoms with van der Waals surface area (Å²) in [6, 6.07) is 21.5. The zero-order valence-corrected chi connectivity index (χ0v) is 20.4. The molecule has 0 bridgehead atoms. The molecule has 38 heavy (non-hydrogen) atoms. The largest absolute Gasteiger partial charge is 0.482 e. The average molecular weight is 524 g/mol. The lowest BCUT2D eigenvalue weighted by atomic mass is 10.2. The van der Waals surface area contributed by atoms with E-state index in [0.717, 1.165) is 17.7 Å². The van der Waals surface area contributed by atoms with Gasteiger partial charge in [0.1, 0.15) is 28.7 Å². The Hall–Kier alpha value is -4.66. The van der Waals surface area contributed by atoms with Gasteiger partial charge in [-0.25, -0.2) is 4.79 Å². The number of halogens is 3. The molecule has 0 saturated heterocycles. The normalized spacial score (nSPS) is 11.1. The van der Waals surface area contributed by atoms with E-state index in [1.165, 1.54) is 6.07 Å². The molecule has 0 saturated carbocycles. The molecule has 0 aliphatic heterocycles. The Labute approximate surface area is 216 Å². The van der Waals surface area contributed by atoms with E-state index < -0.39 is 24.3 Å². The van der Waals surface area contributed by atoms with Gasteiger partial charge in [-0.05, 0) is 85.6 Å². The maximum atomic E-state index is 13.4. The highest BCUT2D eigenvalue weighted by Crippen LogP contribution is 2.41. The van der Waals surface area contributed by atoms with Gasteiger partial charge in [0.05, 0.1) is 5.56 Å². The first-order valence-corrected chi connectivity index (χ1v) is 11.4. The van der Waals surface area contributed by atoms with Crippen LogP contribution in [-0.2, 0) is 11.0 Å². The lowest BCUT2D eigenvalue weighted by molar-refractivity contribution is -0.139. The third kappa shape index (κ3) is 6.97. The van der Waals surface area contributed by atoms with Gasteiger partial charge in [0, 0.05) is 6.07 Å². The quantitative estimate of drug-likeness (QED) is 0.238. The molecule has 0 fully saturated rings. The summed E-state index contributed by atoms with van der Waals surface area (Å²) in [5.41, 5.74) is 0.601. The summed E-state index contributed by atoms with van der Waals surface area (Å²) in [6.45, 7) is 3.12. The summed E-state index contributed by atoms with van der Waals surface area (Å²) in [5.74, 6) is 0.924. The number of ether oxygens (including phenoxy) is 4. The van der Waals surface area contributed by atoms with Crippen molar-refractivity contribution in [1.29, 1.82) is 0 Å². The number of benzene rings is 4. The molecule has 0 atom stereocenters. The third-order valence-corrected chi connectivity index (χ3v) is 5.23.